The quantitative estimate of drug-likeness (QED) is 0.229. The highest BCUT2D eigenvalue weighted by Gasteiger charge is 2.29. The molecule has 1 saturated heterocycles. The lowest BCUT2D eigenvalue weighted by molar-refractivity contribution is -0.155. The number of ether oxygens (including phenoxy) is 3. The summed E-state index contributed by atoms with van der Waals surface area (Å²) in [4.78, 5) is 24.5. The van der Waals surface area contributed by atoms with Crippen LogP contribution in [0.15, 0.2) is 48.5 Å². The van der Waals surface area contributed by atoms with Crippen LogP contribution in [0.1, 0.15) is 87.1 Å². The zero-order chi connectivity index (χ0) is 22.8. The fourth-order valence-corrected chi connectivity index (χ4v) is 3.86. The number of hydrogen-bond acceptors (Lipinski definition) is 5. The Balaban J connectivity index is 1.44. The Morgan fingerprint density at radius 1 is 0.906 bits per heavy atom. The highest BCUT2D eigenvalue weighted by atomic mass is 16.5. The van der Waals surface area contributed by atoms with E-state index in [1.54, 1.807) is 36.4 Å². The molecule has 0 aliphatic carbocycles. The van der Waals surface area contributed by atoms with Crippen LogP contribution in [0.2, 0.25) is 0 Å². The van der Waals surface area contributed by atoms with Crippen molar-refractivity contribution >= 4 is 11.9 Å². The lowest BCUT2D eigenvalue weighted by Crippen LogP contribution is -2.27. The number of rotatable bonds is 11. The molecule has 0 spiro atoms. The molecule has 1 aliphatic rings. The minimum atomic E-state index is -0.425. The van der Waals surface area contributed by atoms with Gasteiger partial charge in [-0.1, -0.05) is 51.2 Å². The first kappa shape index (κ1) is 23.8. The van der Waals surface area contributed by atoms with Gasteiger partial charge in [-0.05, 0) is 68.1 Å². The maximum Gasteiger partial charge on any atom is 0.343 e. The van der Waals surface area contributed by atoms with E-state index < -0.39 is 5.97 Å². The average Bonchev–Trinajstić information content (AvgIpc) is 2.79. The number of hydrogen-bond donors (Lipinski definition) is 0. The fourth-order valence-electron chi connectivity index (χ4n) is 3.86. The summed E-state index contributed by atoms with van der Waals surface area (Å²) in [7, 11) is 0. The van der Waals surface area contributed by atoms with E-state index in [0.717, 1.165) is 30.6 Å². The molecule has 1 heterocycles. The van der Waals surface area contributed by atoms with Gasteiger partial charge in [0.1, 0.15) is 11.5 Å². The van der Waals surface area contributed by atoms with Crippen LogP contribution in [0, 0.1) is 0 Å². The molecule has 0 aromatic heterocycles. The molecule has 3 rings (SSSR count). The Labute approximate surface area is 191 Å². The number of esters is 2. The third-order valence-corrected chi connectivity index (χ3v) is 5.81. The summed E-state index contributed by atoms with van der Waals surface area (Å²) in [5.41, 5.74) is 1.35. The minimum absolute atomic E-state index is 0.0219. The number of unbranched alkanes of at least 4 members (excludes halogenated alkanes) is 5. The van der Waals surface area contributed by atoms with Gasteiger partial charge in [-0.3, -0.25) is 4.79 Å². The molecule has 5 nitrogen and oxygen atoms in total. The Morgan fingerprint density at radius 2 is 1.56 bits per heavy atom. The summed E-state index contributed by atoms with van der Waals surface area (Å²) in [6, 6.07) is 14.1. The van der Waals surface area contributed by atoms with Crippen LogP contribution in [-0.2, 0) is 9.53 Å². The van der Waals surface area contributed by atoms with Crippen LogP contribution in [-0.4, -0.2) is 24.6 Å². The Hall–Kier alpha value is -2.82. The van der Waals surface area contributed by atoms with E-state index in [9.17, 15) is 9.59 Å². The van der Waals surface area contributed by atoms with Crippen LogP contribution in [0.3, 0.4) is 0 Å². The summed E-state index contributed by atoms with van der Waals surface area (Å²) in [5.74, 6) is 0.339. The molecule has 2 aromatic rings. The molecule has 0 radical (unpaired) electrons. The monoisotopic (exact) mass is 438 g/mol. The first-order valence-corrected chi connectivity index (χ1v) is 11.8. The largest absolute Gasteiger partial charge is 0.494 e. The third-order valence-electron chi connectivity index (χ3n) is 5.81. The molecule has 0 saturated carbocycles. The molecule has 0 amide bonds. The summed E-state index contributed by atoms with van der Waals surface area (Å²) in [6.07, 6.45) is 8.94. The number of carbonyl (C=O) groups excluding carboxylic acids is 2. The van der Waals surface area contributed by atoms with Gasteiger partial charge in [0.05, 0.1) is 24.2 Å². The second-order valence-corrected chi connectivity index (χ2v) is 8.48. The molecule has 0 unspecified atom stereocenters. The van der Waals surface area contributed by atoms with Crippen molar-refractivity contribution in [3.05, 3.63) is 59.7 Å². The van der Waals surface area contributed by atoms with Crippen molar-refractivity contribution in [1.29, 1.82) is 0 Å². The second-order valence-electron chi connectivity index (χ2n) is 8.48. The van der Waals surface area contributed by atoms with Crippen LogP contribution in [0.4, 0.5) is 0 Å². The summed E-state index contributed by atoms with van der Waals surface area (Å²) >= 11 is 0. The van der Waals surface area contributed by atoms with Gasteiger partial charge in [-0.15, -0.1) is 0 Å². The van der Waals surface area contributed by atoms with E-state index in [4.69, 9.17) is 14.2 Å². The molecule has 2 aromatic carbocycles. The highest BCUT2D eigenvalue weighted by Crippen LogP contribution is 2.30. The van der Waals surface area contributed by atoms with E-state index in [1.807, 2.05) is 19.1 Å². The molecule has 2 atom stereocenters. The molecule has 32 heavy (non-hydrogen) atoms. The molecule has 1 aliphatic heterocycles. The summed E-state index contributed by atoms with van der Waals surface area (Å²) < 4.78 is 16.6. The van der Waals surface area contributed by atoms with Gasteiger partial charge in [-0.25, -0.2) is 4.79 Å². The second kappa shape index (κ2) is 12.3. The predicted molar refractivity (Wildman–Crippen MR) is 124 cm³/mol. The summed E-state index contributed by atoms with van der Waals surface area (Å²) in [5, 5.41) is 0. The lowest BCUT2D eigenvalue weighted by atomic mass is 9.91. The van der Waals surface area contributed by atoms with Crippen molar-refractivity contribution in [2.24, 2.45) is 0 Å². The topological polar surface area (TPSA) is 61.8 Å². The van der Waals surface area contributed by atoms with E-state index in [0.29, 0.717) is 17.9 Å². The van der Waals surface area contributed by atoms with E-state index in [-0.39, 0.29) is 18.0 Å². The average molecular weight is 439 g/mol. The van der Waals surface area contributed by atoms with E-state index >= 15 is 0 Å². The Kier molecular flexibility index (Phi) is 9.14. The lowest BCUT2D eigenvalue weighted by Gasteiger charge is -2.26. The van der Waals surface area contributed by atoms with Gasteiger partial charge < -0.3 is 14.2 Å². The Morgan fingerprint density at radius 3 is 2.25 bits per heavy atom. The molecular weight excluding hydrogens is 404 g/mol. The van der Waals surface area contributed by atoms with Crippen molar-refractivity contribution in [2.45, 2.75) is 77.2 Å². The predicted octanol–water partition coefficient (Wildman–Crippen LogP) is 6.45. The van der Waals surface area contributed by atoms with Crippen LogP contribution < -0.4 is 9.47 Å². The normalized spacial score (nSPS) is 18.1. The standard InChI is InChI=1S/C27H34O5/c1-3-4-5-6-7-8-19-30-23-14-12-22(13-15-23)26(28)32-24-16-10-21(11-17-24)25-18-9-20(2)31-27(25)29/h10-17,20,25H,3-9,18-19H2,1-2H3/t20-,25+/m0/s1. The van der Waals surface area contributed by atoms with Crippen molar-refractivity contribution < 1.29 is 23.8 Å². The molecule has 0 bridgehead atoms. The van der Waals surface area contributed by atoms with Crippen molar-refractivity contribution in [3.8, 4) is 11.5 Å². The first-order chi connectivity index (χ1) is 15.6. The smallest absolute Gasteiger partial charge is 0.343 e. The van der Waals surface area contributed by atoms with Crippen molar-refractivity contribution in [3.63, 3.8) is 0 Å². The zero-order valence-electron chi connectivity index (χ0n) is 19.2. The highest BCUT2D eigenvalue weighted by molar-refractivity contribution is 5.91. The SMILES string of the molecule is CCCCCCCCOc1ccc(C(=O)Oc2ccc([C@H]3CC[C@H](C)OC3=O)cc2)cc1. The number of carbonyl (C=O) groups is 2. The Bertz CT molecular complexity index is 857. The van der Waals surface area contributed by atoms with Gasteiger partial charge in [0.25, 0.3) is 0 Å². The van der Waals surface area contributed by atoms with E-state index in [2.05, 4.69) is 6.92 Å². The van der Waals surface area contributed by atoms with Crippen molar-refractivity contribution in [1.82, 2.24) is 0 Å². The van der Waals surface area contributed by atoms with Gasteiger partial charge in [0, 0.05) is 0 Å². The van der Waals surface area contributed by atoms with Gasteiger partial charge in [0.2, 0.25) is 0 Å². The van der Waals surface area contributed by atoms with E-state index in [1.165, 1.54) is 32.1 Å². The van der Waals surface area contributed by atoms with Crippen LogP contribution in [0.5, 0.6) is 11.5 Å². The van der Waals surface area contributed by atoms with Gasteiger partial charge in [0.15, 0.2) is 0 Å². The number of benzene rings is 2. The molecule has 5 heteroatoms. The van der Waals surface area contributed by atoms with Gasteiger partial charge >= 0.3 is 11.9 Å². The number of cyclic esters (lactones) is 1. The van der Waals surface area contributed by atoms with Crippen LogP contribution >= 0.6 is 0 Å². The van der Waals surface area contributed by atoms with Crippen molar-refractivity contribution in [2.75, 3.05) is 6.61 Å². The maximum atomic E-state index is 12.4. The third kappa shape index (κ3) is 7.11. The molecule has 1 fully saturated rings. The van der Waals surface area contributed by atoms with Gasteiger partial charge in [-0.2, -0.15) is 0 Å². The van der Waals surface area contributed by atoms with Crippen LogP contribution in [0.25, 0.3) is 0 Å². The first-order valence-electron chi connectivity index (χ1n) is 11.8. The molecular formula is C27H34O5. The summed E-state index contributed by atoms with van der Waals surface area (Å²) in [6.45, 7) is 4.82. The molecule has 172 valence electrons. The molecule has 0 N–H and O–H groups in total. The fraction of sp³-hybridized carbons (Fsp3) is 0.481. The zero-order valence-corrected chi connectivity index (χ0v) is 19.2. The maximum absolute atomic E-state index is 12.4. The minimum Gasteiger partial charge on any atom is -0.494 e.